The lowest BCUT2D eigenvalue weighted by molar-refractivity contribution is -0.116. The number of nitrogens with zero attached hydrogens (tertiary/aromatic N) is 2. The zero-order chi connectivity index (χ0) is 18.1. The molecule has 2 aromatic heterocycles. The number of hydrogen-bond acceptors (Lipinski definition) is 4. The van der Waals surface area contributed by atoms with Crippen LogP contribution in [0.3, 0.4) is 0 Å². The molecule has 0 spiro atoms. The van der Waals surface area contributed by atoms with Gasteiger partial charge in [-0.1, -0.05) is 15.9 Å². The van der Waals surface area contributed by atoms with Crippen LogP contribution in [0, 0.1) is 25.2 Å². The molecule has 2 heterocycles. The molecule has 0 aliphatic rings. The Morgan fingerprint density at radius 1 is 1.44 bits per heavy atom. The van der Waals surface area contributed by atoms with Crippen LogP contribution in [0.5, 0.6) is 0 Å². The topological polar surface area (TPSA) is 74.9 Å². The first kappa shape index (κ1) is 17.4. The van der Waals surface area contributed by atoms with Crippen LogP contribution in [0.1, 0.15) is 26.4 Å². The fraction of sp³-hybridized carbons (Fsp3) is 0.167. The smallest absolute Gasteiger partial charge is 0.244 e. The quantitative estimate of drug-likeness (QED) is 0.641. The Hall–Kier alpha value is -2.43. The number of thiophene rings is 1. The third-order valence-electron chi connectivity index (χ3n) is 4.06. The zero-order valence-corrected chi connectivity index (χ0v) is 16.0. The van der Waals surface area contributed by atoms with Gasteiger partial charge < -0.3 is 9.88 Å². The lowest BCUT2D eigenvalue weighted by Crippen LogP contribution is -2.18. The van der Waals surface area contributed by atoms with Gasteiger partial charge in [-0.05, 0) is 37.6 Å². The van der Waals surface area contributed by atoms with Crippen LogP contribution in [-0.4, -0.2) is 16.8 Å². The van der Waals surface area contributed by atoms with Crippen LogP contribution in [0.2, 0.25) is 0 Å². The lowest BCUT2D eigenvalue weighted by atomic mass is 10.2. The summed E-state index contributed by atoms with van der Waals surface area (Å²) in [6.45, 7) is 3.85. The number of aryl methyl sites for hydroxylation is 1. The van der Waals surface area contributed by atoms with Crippen molar-refractivity contribution in [3.63, 3.8) is 0 Å². The van der Waals surface area contributed by atoms with Gasteiger partial charge in [0.25, 0.3) is 0 Å². The van der Waals surface area contributed by atoms with Crippen molar-refractivity contribution in [1.29, 1.82) is 5.26 Å². The highest BCUT2D eigenvalue weighted by Gasteiger charge is 2.16. The molecule has 0 aliphatic carbocycles. The lowest BCUT2D eigenvalue weighted by Gasteiger charge is -2.06. The minimum atomic E-state index is -0.241. The van der Waals surface area contributed by atoms with Crippen LogP contribution in [0.4, 0.5) is 5.00 Å². The standard InChI is InChI=1S/C18H14BrN3O2S/c1-10-11(2)25-18(15(10)6-20)21-17(24)8-22-7-12(9-23)14-5-13(19)3-4-16(14)22/h3-5,7,9H,8H2,1-2H3,(H,21,24). The summed E-state index contributed by atoms with van der Waals surface area (Å²) >= 11 is 4.79. The number of rotatable bonds is 4. The van der Waals surface area contributed by atoms with Gasteiger partial charge in [0.05, 0.1) is 5.56 Å². The van der Waals surface area contributed by atoms with Gasteiger partial charge in [-0.2, -0.15) is 5.26 Å². The second-order valence-corrected chi connectivity index (χ2v) is 7.78. The molecule has 25 heavy (non-hydrogen) atoms. The number of nitrogens with one attached hydrogen (secondary N) is 1. The minimum Gasteiger partial charge on any atom is -0.337 e. The zero-order valence-electron chi connectivity index (χ0n) is 13.6. The molecule has 0 fully saturated rings. The van der Waals surface area contributed by atoms with E-state index in [-0.39, 0.29) is 12.5 Å². The van der Waals surface area contributed by atoms with Crippen molar-refractivity contribution < 1.29 is 9.59 Å². The van der Waals surface area contributed by atoms with Crippen LogP contribution >= 0.6 is 27.3 Å². The van der Waals surface area contributed by atoms with Gasteiger partial charge in [0.1, 0.15) is 17.6 Å². The summed E-state index contributed by atoms with van der Waals surface area (Å²) in [6, 6.07) is 7.72. The average Bonchev–Trinajstić information content (AvgIpc) is 3.04. The molecule has 3 aromatic rings. The van der Waals surface area contributed by atoms with Crippen molar-refractivity contribution in [2.24, 2.45) is 0 Å². The fourth-order valence-corrected chi connectivity index (χ4v) is 4.08. The number of halogens is 1. The van der Waals surface area contributed by atoms with Gasteiger partial charge in [0.15, 0.2) is 6.29 Å². The van der Waals surface area contributed by atoms with E-state index in [0.29, 0.717) is 16.1 Å². The Balaban J connectivity index is 1.89. The molecule has 1 aromatic carbocycles. The predicted octanol–water partition coefficient (Wildman–Crippen LogP) is 4.41. The van der Waals surface area contributed by atoms with Crippen molar-refractivity contribution in [2.45, 2.75) is 20.4 Å². The van der Waals surface area contributed by atoms with E-state index in [2.05, 4.69) is 27.3 Å². The maximum absolute atomic E-state index is 12.4. The number of carbonyl (C=O) groups is 2. The Bertz CT molecular complexity index is 1040. The predicted molar refractivity (Wildman–Crippen MR) is 102 cm³/mol. The van der Waals surface area contributed by atoms with E-state index in [4.69, 9.17) is 0 Å². The van der Waals surface area contributed by atoms with Crippen molar-refractivity contribution in [3.8, 4) is 6.07 Å². The third kappa shape index (κ3) is 3.23. The number of benzene rings is 1. The third-order valence-corrected chi connectivity index (χ3v) is 5.68. The van der Waals surface area contributed by atoms with Crippen LogP contribution in [-0.2, 0) is 11.3 Å². The molecule has 126 valence electrons. The van der Waals surface area contributed by atoms with Gasteiger partial charge in [-0.15, -0.1) is 11.3 Å². The highest BCUT2D eigenvalue weighted by molar-refractivity contribution is 9.10. The SMILES string of the molecule is Cc1sc(NC(=O)Cn2cc(C=O)c3cc(Br)ccc32)c(C#N)c1C. The largest absolute Gasteiger partial charge is 0.337 e. The Labute approximate surface area is 157 Å². The fourth-order valence-electron chi connectivity index (χ4n) is 2.69. The van der Waals surface area contributed by atoms with Crippen LogP contribution < -0.4 is 5.32 Å². The van der Waals surface area contributed by atoms with E-state index in [1.54, 1.807) is 10.8 Å². The Morgan fingerprint density at radius 2 is 2.20 bits per heavy atom. The highest BCUT2D eigenvalue weighted by Crippen LogP contribution is 2.31. The number of amides is 1. The van der Waals surface area contributed by atoms with E-state index >= 15 is 0 Å². The van der Waals surface area contributed by atoms with Gasteiger partial charge in [-0.25, -0.2) is 0 Å². The normalized spacial score (nSPS) is 10.6. The number of nitriles is 1. The average molecular weight is 416 g/mol. The van der Waals surface area contributed by atoms with E-state index in [1.165, 1.54) is 11.3 Å². The molecule has 0 unspecified atom stereocenters. The molecule has 1 amide bonds. The summed E-state index contributed by atoms with van der Waals surface area (Å²) in [7, 11) is 0. The molecule has 0 atom stereocenters. The summed E-state index contributed by atoms with van der Waals surface area (Å²) in [5, 5.41) is 13.4. The molecule has 0 saturated heterocycles. The molecule has 0 saturated carbocycles. The monoisotopic (exact) mass is 415 g/mol. The molecule has 7 heteroatoms. The number of fused-ring (bicyclic) bond motifs is 1. The number of anilines is 1. The molecular weight excluding hydrogens is 402 g/mol. The number of aldehydes is 1. The number of carbonyl (C=O) groups excluding carboxylic acids is 2. The van der Waals surface area contributed by atoms with Crippen molar-refractivity contribution >= 4 is 55.4 Å². The maximum atomic E-state index is 12.4. The van der Waals surface area contributed by atoms with Crippen molar-refractivity contribution in [1.82, 2.24) is 4.57 Å². The van der Waals surface area contributed by atoms with Gasteiger partial charge >= 0.3 is 0 Å². The summed E-state index contributed by atoms with van der Waals surface area (Å²) in [6.07, 6.45) is 2.45. The number of hydrogen-bond donors (Lipinski definition) is 1. The maximum Gasteiger partial charge on any atom is 0.244 e. The minimum absolute atomic E-state index is 0.0623. The van der Waals surface area contributed by atoms with Crippen molar-refractivity contribution in [3.05, 3.63) is 50.4 Å². The van der Waals surface area contributed by atoms with E-state index < -0.39 is 0 Å². The first-order chi connectivity index (χ1) is 11.9. The van der Waals surface area contributed by atoms with Crippen LogP contribution in [0.25, 0.3) is 10.9 Å². The van der Waals surface area contributed by atoms with E-state index in [1.807, 2.05) is 32.0 Å². The van der Waals surface area contributed by atoms with E-state index in [9.17, 15) is 14.9 Å². The first-order valence-corrected chi connectivity index (χ1v) is 9.09. The highest BCUT2D eigenvalue weighted by atomic mass is 79.9. The van der Waals surface area contributed by atoms with Gasteiger partial charge in [-0.3, -0.25) is 9.59 Å². The van der Waals surface area contributed by atoms with Gasteiger partial charge in [0.2, 0.25) is 5.91 Å². The van der Waals surface area contributed by atoms with E-state index in [0.717, 1.165) is 32.1 Å². The molecule has 3 rings (SSSR count). The Morgan fingerprint density at radius 3 is 2.88 bits per heavy atom. The summed E-state index contributed by atoms with van der Waals surface area (Å²) in [5.74, 6) is -0.241. The molecule has 0 radical (unpaired) electrons. The number of aromatic nitrogens is 1. The van der Waals surface area contributed by atoms with Crippen LogP contribution in [0.15, 0.2) is 28.9 Å². The summed E-state index contributed by atoms with van der Waals surface area (Å²) < 4.78 is 2.61. The Kier molecular flexibility index (Phi) is 4.75. The molecule has 0 aliphatic heterocycles. The molecule has 0 bridgehead atoms. The second-order valence-electron chi connectivity index (χ2n) is 5.64. The first-order valence-electron chi connectivity index (χ1n) is 7.48. The molecule has 1 N–H and O–H groups in total. The van der Waals surface area contributed by atoms with Crippen molar-refractivity contribution in [2.75, 3.05) is 5.32 Å². The molecular formula is C18H14BrN3O2S. The van der Waals surface area contributed by atoms with Gasteiger partial charge in [0, 0.05) is 32.0 Å². The summed E-state index contributed by atoms with van der Waals surface area (Å²) in [4.78, 5) is 24.7. The molecule has 5 nitrogen and oxygen atoms in total. The summed E-state index contributed by atoms with van der Waals surface area (Å²) in [5.41, 5.74) is 2.73. The second kappa shape index (κ2) is 6.82.